The number of amides is 1. The first-order chi connectivity index (χ1) is 9.31. The SMILES string of the molecule is O=C(CCc1ccccn1)N1CCC2CCC(C1)N2. The molecule has 4 nitrogen and oxygen atoms in total. The third-order valence-electron chi connectivity index (χ3n) is 4.20. The Morgan fingerprint density at radius 1 is 1.32 bits per heavy atom. The number of pyridine rings is 1. The molecule has 1 aromatic rings. The van der Waals surface area contributed by atoms with Gasteiger partial charge in [0.25, 0.3) is 0 Å². The predicted molar refractivity (Wildman–Crippen MR) is 73.7 cm³/mol. The normalized spacial score (nSPS) is 26.2. The van der Waals surface area contributed by atoms with E-state index < -0.39 is 0 Å². The third kappa shape index (κ3) is 3.13. The molecule has 0 spiro atoms. The maximum Gasteiger partial charge on any atom is 0.223 e. The van der Waals surface area contributed by atoms with Crippen LogP contribution in [0.2, 0.25) is 0 Å². The van der Waals surface area contributed by atoms with Crippen LogP contribution < -0.4 is 5.32 Å². The molecule has 4 heteroatoms. The number of aromatic nitrogens is 1. The third-order valence-corrected chi connectivity index (χ3v) is 4.20. The van der Waals surface area contributed by atoms with E-state index in [1.807, 2.05) is 23.1 Å². The second kappa shape index (κ2) is 5.70. The summed E-state index contributed by atoms with van der Waals surface area (Å²) < 4.78 is 0. The summed E-state index contributed by atoms with van der Waals surface area (Å²) in [5.41, 5.74) is 1.00. The maximum absolute atomic E-state index is 12.3. The Bertz CT molecular complexity index is 434. The molecule has 1 aromatic heterocycles. The molecule has 2 aliphatic rings. The molecule has 0 aliphatic carbocycles. The Balaban J connectivity index is 1.52. The van der Waals surface area contributed by atoms with Crippen molar-refractivity contribution in [1.29, 1.82) is 0 Å². The molecule has 0 aromatic carbocycles. The average Bonchev–Trinajstić information content (AvgIpc) is 2.77. The second-order valence-electron chi connectivity index (χ2n) is 5.59. The number of nitrogens with one attached hydrogen (secondary N) is 1. The first kappa shape index (κ1) is 12.6. The van der Waals surface area contributed by atoms with Crippen molar-refractivity contribution < 1.29 is 4.79 Å². The number of hydrogen-bond donors (Lipinski definition) is 1. The quantitative estimate of drug-likeness (QED) is 0.891. The van der Waals surface area contributed by atoms with E-state index in [0.29, 0.717) is 18.5 Å². The highest BCUT2D eigenvalue weighted by Gasteiger charge is 2.30. The Kier molecular flexibility index (Phi) is 3.78. The molecule has 19 heavy (non-hydrogen) atoms. The zero-order valence-electron chi connectivity index (χ0n) is 11.2. The van der Waals surface area contributed by atoms with Gasteiger partial charge < -0.3 is 10.2 Å². The molecule has 3 rings (SSSR count). The number of nitrogens with zero attached hydrogens (tertiary/aromatic N) is 2. The van der Waals surface area contributed by atoms with Crippen LogP contribution in [0.5, 0.6) is 0 Å². The fourth-order valence-corrected chi connectivity index (χ4v) is 3.11. The summed E-state index contributed by atoms with van der Waals surface area (Å²) in [6.45, 7) is 1.80. The van der Waals surface area contributed by atoms with Gasteiger partial charge >= 0.3 is 0 Å². The molecule has 1 N–H and O–H groups in total. The smallest absolute Gasteiger partial charge is 0.223 e. The summed E-state index contributed by atoms with van der Waals surface area (Å²) in [7, 11) is 0. The van der Waals surface area contributed by atoms with Crippen molar-refractivity contribution in [2.75, 3.05) is 13.1 Å². The van der Waals surface area contributed by atoms with E-state index >= 15 is 0 Å². The van der Waals surface area contributed by atoms with Gasteiger partial charge in [-0.3, -0.25) is 9.78 Å². The largest absolute Gasteiger partial charge is 0.341 e. The van der Waals surface area contributed by atoms with Crippen LogP contribution in [-0.4, -0.2) is 41.0 Å². The maximum atomic E-state index is 12.3. The molecule has 2 atom stereocenters. The molecule has 0 saturated carbocycles. The number of carbonyl (C=O) groups is 1. The lowest BCUT2D eigenvalue weighted by atomic mass is 10.1. The number of rotatable bonds is 3. The minimum atomic E-state index is 0.278. The monoisotopic (exact) mass is 259 g/mol. The molecule has 3 heterocycles. The highest BCUT2D eigenvalue weighted by atomic mass is 16.2. The molecule has 0 radical (unpaired) electrons. The van der Waals surface area contributed by atoms with Crippen molar-refractivity contribution in [3.05, 3.63) is 30.1 Å². The summed E-state index contributed by atoms with van der Waals surface area (Å²) in [4.78, 5) is 18.6. The van der Waals surface area contributed by atoms with Gasteiger partial charge in [-0.25, -0.2) is 0 Å². The first-order valence-corrected chi connectivity index (χ1v) is 7.25. The van der Waals surface area contributed by atoms with Gasteiger partial charge in [-0.15, -0.1) is 0 Å². The summed E-state index contributed by atoms with van der Waals surface area (Å²) in [5, 5.41) is 3.61. The molecule has 2 aliphatic heterocycles. The van der Waals surface area contributed by atoms with Gasteiger partial charge in [0.2, 0.25) is 5.91 Å². The lowest BCUT2D eigenvalue weighted by molar-refractivity contribution is -0.131. The van der Waals surface area contributed by atoms with Gasteiger partial charge in [0.1, 0.15) is 0 Å². The van der Waals surface area contributed by atoms with Crippen LogP contribution in [0, 0.1) is 0 Å². The molecule has 1 amide bonds. The second-order valence-corrected chi connectivity index (χ2v) is 5.59. The van der Waals surface area contributed by atoms with Gasteiger partial charge in [-0.1, -0.05) is 6.07 Å². The minimum Gasteiger partial charge on any atom is -0.341 e. The van der Waals surface area contributed by atoms with E-state index in [2.05, 4.69) is 10.3 Å². The highest BCUT2D eigenvalue weighted by Crippen LogP contribution is 2.20. The van der Waals surface area contributed by atoms with Crippen molar-refractivity contribution in [2.45, 2.75) is 44.2 Å². The zero-order chi connectivity index (χ0) is 13.1. The van der Waals surface area contributed by atoms with E-state index in [1.54, 1.807) is 6.20 Å². The van der Waals surface area contributed by atoms with Crippen LogP contribution in [0.1, 0.15) is 31.4 Å². The van der Waals surface area contributed by atoms with Crippen molar-refractivity contribution in [2.24, 2.45) is 0 Å². The van der Waals surface area contributed by atoms with Gasteiger partial charge in [-0.05, 0) is 37.8 Å². The van der Waals surface area contributed by atoms with Crippen LogP contribution in [0.15, 0.2) is 24.4 Å². The van der Waals surface area contributed by atoms with Crippen LogP contribution in [0.25, 0.3) is 0 Å². The van der Waals surface area contributed by atoms with Crippen LogP contribution >= 0.6 is 0 Å². The summed E-state index contributed by atoms with van der Waals surface area (Å²) in [5.74, 6) is 0.278. The fraction of sp³-hybridized carbons (Fsp3) is 0.600. The van der Waals surface area contributed by atoms with Gasteiger partial charge in [0.05, 0.1) is 0 Å². The Labute approximate surface area is 114 Å². The van der Waals surface area contributed by atoms with Gasteiger partial charge in [-0.2, -0.15) is 0 Å². The van der Waals surface area contributed by atoms with Crippen molar-refractivity contribution >= 4 is 5.91 Å². The molecular formula is C15H21N3O. The van der Waals surface area contributed by atoms with Gasteiger partial charge in [0, 0.05) is 43.5 Å². The minimum absolute atomic E-state index is 0.278. The number of aryl methyl sites for hydroxylation is 1. The molecule has 102 valence electrons. The van der Waals surface area contributed by atoms with Crippen molar-refractivity contribution in [3.8, 4) is 0 Å². The Morgan fingerprint density at radius 3 is 3.05 bits per heavy atom. The molecule has 2 fully saturated rings. The lowest BCUT2D eigenvalue weighted by Crippen LogP contribution is -2.39. The summed E-state index contributed by atoms with van der Waals surface area (Å²) in [6, 6.07) is 7.02. The van der Waals surface area contributed by atoms with E-state index in [0.717, 1.165) is 31.6 Å². The predicted octanol–water partition coefficient (Wildman–Crippen LogP) is 1.37. The Hall–Kier alpha value is -1.42. The van der Waals surface area contributed by atoms with Crippen molar-refractivity contribution in [3.63, 3.8) is 0 Å². The van der Waals surface area contributed by atoms with E-state index in [4.69, 9.17) is 0 Å². The van der Waals surface area contributed by atoms with Crippen LogP contribution in [0.3, 0.4) is 0 Å². The topological polar surface area (TPSA) is 45.2 Å². The molecule has 2 saturated heterocycles. The van der Waals surface area contributed by atoms with E-state index in [-0.39, 0.29) is 5.91 Å². The average molecular weight is 259 g/mol. The number of likely N-dealkylation sites (tertiary alicyclic amines) is 1. The Morgan fingerprint density at radius 2 is 2.21 bits per heavy atom. The standard InChI is InChI=1S/C15H21N3O/c19-15(7-6-12-3-1-2-9-16-12)18-10-8-13-4-5-14(11-18)17-13/h1-3,9,13-14,17H,4-8,10-11H2. The zero-order valence-corrected chi connectivity index (χ0v) is 11.2. The lowest BCUT2D eigenvalue weighted by Gasteiger charge is -2.24. The summed E-state index contributed by atoms with van der Waals surface area (Å²) >= 11 is 0. The van der Waals surface area contributed by atoms with E-state index in [9.17, 15) is 4.79 Å². The van der Waals surface area contributed by atoms with Crippen molar-refractivity contribution in [1.82, 2.24) is 15.2 Å². The molecular weight excluding hydrogens is 238 g/mol. The molecule has 2 bridgehead atoms. The fourth-order valence-electron chi connectivity index (χ4n) is 3.11. The number of hydrogen-bond acceptors (Lipinski definition) is 3. The molecule has 2 unspecified atom stereocenters. The number of fused-ring (bicyclic) bond motifs is 2. The summed E-state index contributed by atoms with van der Waals surface area (Å²) in [6.07, 6.45) is 6.71. The number of carbonyl (C=O) groups excluding carboxylic acids is 1. The van der Waals surface area contributed by atoms with Gasteiger partial charge in [0.15, 0.2) is 0 Å². The highest BCUT2D eigenvalue weighted by molar-refractivity contribution is 5.76. The van der Waals surface area contributed by atoms with Crippen LogP contribution in [0.4, 0.5) is 0 Å². The first-order valence-electron chi connectivity index (χ1n) is 7.25. The van der Waals surface area contributed by atoms with E-state index in [1.165, 1.54) is 12.8 Å². The van der Waals surface area contributed by atoms with Crippen LogP contribution in [-0.2, 0) is 11.2 Å².